The van der Waals surface area contributed by atoms with E-state index in [0.29, 0.717) is 35.4 Å². The highest BCUT2D eigenvalue weighted by atomic mass is 32.1. The van der Waals surface area contributed by atoms with Gasteiger partial charge in [0.05, 0.1) is 5.69 Å². The molecule has 0 unspecified atom stereocenters. The van der Waals surface area contributed by atoms with Gasteiger partial charge in [-0.25, -0.2) is 4.98 Å². The van der Waals surface area contributed by atoms with Gasteiger partial charge in [0.2, 0.25) is 0 Å². The van der Waals surface area contributed by atoms with Gasteiger partial charge in [-0.15, -0.1) is 11.3 Å². The fraction of sp³-hybridized carbons (Fsp3) is 0.105. The summed E-state index contributed by atoms with van der Waals surface area (Å²) in [6.45, 7) is 0.969. The SMILES string of the molecule is O=C(NC(=S)Nc1nc(-c2ccccc2)cs1)c1ccc2c(c1)OCCO2. The van der Waals surface area contributed by atoms with Gasteiger partial charge >= 0.3 is 0 Å². The number of ether oxygens (including phenoxy) is 2. The van der Waals surface area contributed by atoms with E-state index in [4.69, 9.17) is 21.7 Å². The molecule has 1 aliphatic heterocycles. The van der Waals surface area contributed by atoms with Crippen LogP contribution in [0.5, 0.6) is 11.5 Å². The molecule has 1 aromatic heterocycles. The Bertz CT molecular complexity index is 989. The molecule has 6 nitrogen and oxygen atoms in total. The average molecular weight is 397 g/mol. The molecule has 2 N–H and O–H groups in total. The minimum absolute atomic E-state index is 0.184. The monoisotopic (exact) mass is 397 g/mol. The zero-order valence-electron chi connectivity index (χ0n) is 14.1. The van der Waals surface area contributed by atoms with Crippen LogP contribution in [0.2, 0.25) is 0 Å². The van der Waals surface area contributed by atoms with E-state index in [0.717, 1.165) is 11.3 Å². The molecule has 8 heteroatoms. The number of aromatic nitrogens is 1. The first-order valence-electron chi connectivity index (χ1n) is 8.22. The summed E-state index contributed by atoms with van der Waals surface area (Å²) in [5, 5.41) is 8.33. The summed E-state index contributed by atoms with van der Waals surface area (Å²) in [7, 11) is 0. The summed E-state index contributed by atoms with van der Waals surface area (Å²) < 4.78 is 11.0. The topological polar surface area (TPSA) is 72.5 Å². The van der Waals surface area contributed by atoms with E-state index in [2.05, 4.69) is 15.6 Å². The molecule has 0 saturated heterocycles. The van der Waals surface area contributed by atoms with Crippen molar-refractivity contribution >= 4 is 39.7 Å². The molecule has 0 atom stereocenters. The van der Waals surface area contributed by atoms with Crippen LogP contribution < -0.4 is 20.1 Å². The Kier molecular flexibility index (Phi) is 4.99. The number of rotatable bonds is 3. The fourth-order valence-corrected chi connectivity index (χ4v) is 3.54. The third-order valence-corrected chi connectivity index (χ3v) is 4.79. The number of hydrogen-bond acceptors (Lipinski definition) is 6. The number of carbonyl (C=O) groups is 1. The first kappa shape index (κ1) is 17.4. The number of nitrogens with zero attached hydrogens (tertiary/aromatic N) is 1. The first-order chi connectivity index (χ1) is 13.2. The van der Waals surface area contributed by atoms with Gasteiger partial charge in [-0.3, -0.25) is 10.1 Å². The molecule has 1 aliphatic rings. The number of amides is 1. The van der Waals surface area contributed by atoms with Crippen LogP contribution >= 0.6 is 23.6 Å². The van der Waals surface area contributed by atoms with E-state index in [-0.39, 0.29) is 11.0 Å². The molecular weight excluding hydrogens is 382 g/mol. The van der Waals surface area contributed by atoms with Gasteiger partial charge < -0.3 is 14.8 Å². The van der Waals surface area contributed by atoms with Crippen LogP contribution in [0.3, 0.4) is 0 Å². The number of carbonyl (C=O) groups excluding carboxylic acids is 1. The van der Waals surface area contributed by atoms with E-state index >= 15 is 0 Å². The van der Waals surface area contributed by atoms with Crippen molar-refractivity contribution in [3.05, 3.63) is 59.5 Å². The van der Waals surface area contributed by atoms with Crippen LogP contribution in [0.4, 0.5) is 5.13 Å². The largest absolute Gasteiger partial charge is 0.486 e. The number of hydrogen-bond donors (Lipinski definition) is 2. The standard InChI is InChI=1S/C19H15N3O3S2/c23-17(13-6-7-15-16(10-13)25-9-8-24-15)21-18(26)22-19-20-14(11-27-19)12-4-2-1-3-5-12/h1-7,10-11H,8-9H2,(H2,20,21,22,23,26). The Hall–Kier alpha value is -2.97. The van der Waals surface area contributed by atoms with Gasteiger partial charge in [0, 0.05) is 16.5 Å². The summed E-state index contributed by atoms with van der Waals surface area (Å²) in [4.78, 5) is 16.9. The number of anilines is 1. The summed E-state index contributed by atoms with van der Waals surface area (Å²) >= 11 is 6.64. The molecule has 4 rings (SSSR count). The molecule has 3 aromatic rings. The predicted molar refractivity (Wildman–Crippen MR) is 109 cm³/mol. The van der Waals surface area contributed by atoms with Crippen molar-refractivity contribution in [2.24, 2.45) is 0 Å². The van der Waals surface area contributed by atoms with Gasteiger partial charge in [-0.2, -0.15) is 0 Å². The Morgan fingerprint density at radius 1 is 1.07 bits per heavy atom. The van der Waals surface area contributed by atoms with Crippen LogP contribution in [0.25, 0.3) is 11.3 Å². The van der Waals surface area contributed by atoms with E-state index in [1.807, 2.05) is 35.7 Å². The Balaban J connectivity index is 1.39. The van der Waals surface area contributed by atoms with Crippen molar-refractivity contribution in [1.82, 2.24) is 10.3 Å². The number of fused-ring (bicyclic) bond motifs is 1. The van der Waals surface area contributed by atoms with E-state index < -0.39 is 0 Å². The van der Waals surface area contributed by atoms with E-state index in [9.17, 15) is 4.79 Å². The summed E-state index contributed by atoms with van der Waals surface area (Å²) in [5.74, 6) is 0.860. The van der Waals surface area contributed by atoms with Crippen LogP contribution in [-0.4, -0.2) is 29.2 Å². The van der Waals surface area contributed by atoms with Gasteiger partial charge in [-0.1, -0.05) is 30.3 Å². The van der Waals surface area contributed by atoms with Crippen molar-refractivity contribution in [2.75, 3.05) is 18.5 Å². The maximum atomic E-state index is 12.4. The smallest absolute Gasteiger partial charge is 0.257 e. The van der Waals surface area contributed by atoms with E-state index in [1.165, 1.54) is 11.3 Å². The van der Waals surface area contributed by atoms with Crippen LogP contribution in [0.15, 0.2) is 53.9 Å². The third-order valence-electron chi connectivity index (χ3n) is 3.83. The minimum atomic E-state index is -0.329. The molecule has 136 valence electrons. The van der Waals surface area contributed by atoms with Gasteiger partial charge in [0.1, 0.15) is 13.2 Å². The summed E-state index contributed by atoms with van der Waals surface area (Å²) in [6, 6.07) is 14.9. The number of thiocarbonyl (C=S) groups is 1. The van der Waals surface area contributed by atoms with Crippen molar-refractivity contribution in [2.45, 2.75) is 0 Å². The number of benzene rings is 2. The molecule has 2 heterocycles. The normalized spacial score (nSPS) is 12.3. The Morgan fingerprint density at radius 2 is 1.85 bits per heavy atom. The zero-order chi connectivity index (χ0) is 18.6. The van der Waals surface area contributed by atoms with Crippen molar-refractivity contribution in [3.8, 4) is 22.8 Å². The zero-order valence-corrected chi connectivity index (χ0v) is 15.7. The molecule has 0 spiro atoms. The second-order valence-electron chi connectivity index (χ2n) is 5.67. The maximum Gasteiger partial charge on any atom is 0.257 e. The lowest BCUT2D eigenvalue weighted by atomic mass is 10.2. The Labute approximate surface area is 165 Å². The third kappa shape index (κ3) is 4.07. The lowest BCUT2D eigenvalue weighted by Gasteiger charge is -2.18. The van der Waals surface area contributed by atoms with Crippen LogP contribution in [0.1, 0.15) is 10.4 Å². The van der Waals surface area contributed by atoms with Gasteiger partial charge in [-0.05, 0) is 30.4 Å². The second-order valence-corrected chi connectivity index (χ2v) is 6.94. The lowest BCUT2D eigenvalue weighted by molar-refractivity contribution is 0.0976. The molecule has 0 radical (unpaired) electrons. The first-order valence-corrected chi connectivity index (χ1v) is 9.51. The number of nitrogens with one attached hydrogen (secondary N) is 2. The quantitative estimate of drug-likeness (QED) is 0.657. The second kappa shape index (κ2) is 7.73. The highest BCUT2D eigenvalue weighted by Crippen LogP contribution is 2.30. The Morgan fingerprint density at radius 3 is 2.67 bits per heavy atom. The highest BCUT2D eigenvalue weighted by Gasteiger charge is 2.16. The lowest BCUT2D eigenvalue weighted by Crippen LogP contribution is -2.34. The van der Waals surface area contributed by atoms with Gasteiger partial charge in [0.15, 0.2) is 21.7 Å². The summed E-state index contributed by atoms with van der Waals surface area (Å²) in [6.07, 6.45) is 0. The van der Waals surface area contributed by atoms with Crippen LogP contribution in [-0.2, 0) is 0 Å². The molecule has 0 saturated carbocycles. The molecular formula is C19H15N3O3S2. The molecule has 27 heavy (non-hydrogen) atoms. The minimum Gasteiger partial charge on any atom is -0.486 e. The van der Waals surface area contributed by atoms with Crippen molar-refractivity contribution in [3.63, 3.8) is 0 Å². The highest BCUT2D eigenvalue weighted by molar-refractivity contribution is 7.80. The average Bonchev–Trinajstić information content (AvgIpc) is 3.16. The molecule has 2 aromatic carbocycles. The van der Waals surface area contributed by atoms with Gasteiger partial charge in [0.25, 0.3) is 5.91 Å². The summed E-state index contributed by atoms with van der Waals surface area (Å²) in [5.41, 5.74) is 2.31. The van der Waals surface area contributed by atoms with Crippen molar-refractivity contribution in [1.29, 1.82) is 0 Å². The number of thiazole rings is 1. The van der Waals surface area contributed by atoms with Crippen LogP contribution in [0, 0.1) is 0 Å². The predicted octanol–water partition coefficient (Wildman–Crippen LogP) is 3.71. The molecule has 0 fully saturated rings. The molecule has 0 bridgehead atoms. The molecule has 0 aliphatic carbocycles. The maximum absolute atomic E-state index is 12.4. The molecule has 1 amide bonds. The van der Waals surface area contributed by atoms with E-state index in [1.54, 1.807) is 18.2 Å². The fourth-order valence-electron chi connectivity index (χ4n) is 2.56. The van der Waals surface area contributed by atoms with Crippen molar-refractivity contribution < 1.29 is 14.3 Å².